The van der Waals surface area contributed by atoms with Gasteiger partial charge in [-0.15, -0.1) is 0 Å². The summed E-state index contributed by atoms with van der Waals surface area (Å²) in [6.07, 6.45) is 14.1. The number of unbranched alkanes of at least 4 members (excludes halogenated alkanes) is 7. The Bertz CT molecular complexity index is 1250. The minimum Gasteiger partial charge on any atom is -0.466 e. The molecule has 12 heteroatoms. The van der Waals surface area contributed by atoms with Crippen LogP contribution < -0.4 is 0 Å². The fourth-order valence-electron chi connectivity index (χ4n) is 6.76. The molecule has 0 saturated carbocycles. The zero-order valence-electron chi connectivity index (χ0n) is 40.9. The van der Waals surface area contributed by atoms with Gasteiger partial charge in [0.15, 0.2) is 0 Å². The van der Waals surface area contributed by atoms with E-state index >= 15 is 0 Å². The topological polar surface area (TPSA) is 166 Å². The van der Waals surface area contributed by atoms with Crippen LogP contribution in [0, 0.1) is 27.6 Å². The molecule has 356 valence electrons. The van der Waals surface area contributed by atoms with Gasteiger partial charge in [0.1, 0.15) is 17.5 Å². The summed E-state index contributed by atoms with van der Waals surface area (Å²) in [4.78, 5) is 84.8. The van der Waals surface area contributed by atoms with Crippen LogP contribution in [0.15, 0.2) is 0 Å². The van der Waals surface area contributed by atoms with Crippen molar-refractivity contribution in [3.05, 3.63) is 0 Å². The second-order valence-electron chi connectivity index (χ2n) is 18.7. The predicted octanol–water partition coefficient (Wildman–Crippen LogP) is 11.1. The lowest BCUT2D eigenvalue weighted by Gasteiger charge is -2.22. The first kappa shape index (κ1) is 59.8. The van der Waals surface area contributed by atoms with Gasteiger partial charge >= 0.3 is 29.8 Å². The Morgan fingerprint density at radius 2 is 0.639 bits per heavy atom. The van der Waals surface area contributed by atoms with Gasteiger partial charge in [0.2, 0.25) is 0 Å². The minimum atomic E-state index is -0.758. The van der Waals surface area contributed by atoms with Crippen molar-refractivity contribution in [1.29, 1.82) is 0 Å². The molecule has 0 spiro atoms. The molecule has 0 aromatic carbocycles. The van der Waals surface area contributed by atoms with Crippen LogP contribution in [-0.4, -0.2) is 74.4 Å². The molecule has 0 bridgehead atoms. The summed E-state index contributed by atoms with van der Waals surface area (Å²) in [6.45, 7) is 25.8. The fourth-order valence-corrected chi connectivity index (χ4v) is 6.76. The molecule has 1 atom stereocenters. The Morgan fingerprint density at radius 1 is 0.361 bits per heavy atom. The van der Waals surface area contributed by atoms with Crippen LogP contribution in [0.4, 0.5) is 0 Å². The monoisotopic (exact) mass is 869 g/mol. The Hall–Kier alpha value is -3.31. The van der Waals surface area contributed by atoms with E-state index in [0.717, 1.165) is 70.6 Å². The van der Waals surface area contributed by atoms with Crippen molar-refractivity contribution in [1.82, 2.24) is 0 Å². The fraction of sp³-hybridized carbons (Fsp3) is 0.857. The predicted molar refractivity (Wildman–Crippen MR) is 240 cm³/mol. The summed E-state index contributed by atoms with van der Waals surface area (Å²) in [7, 11) is 0. The molecular weight excluding hydrogens is 781 g/mol. The number of Topliss-reactive ketones (excluding diaryl/α,β-unsaturated/α-hetero) is 2. The lowest BCUT2D eigenvalue weighted by Crippen LogP contribution is -2.28. The zero-order chi connectivity index (χ0) is 47.1. The van der Waals surface area contributed by atoms with E-state index in [2.05, 4.69) is 0 Å². The first-order chi connectivity index (χ1) is 28.5. The third-order valence-corrected chi connectivity index (χ3v) is 11.1. The van der Waals surface area contributed by atoms with E-state index in [1.165, 1.54) is 0 Å². The third-order valence-electron chi connectivity index (χ3n) is 11.1. The van der Waals surface area contributed by atoms with Crippen LogP contribution in [-0.2, 0) is 57.2 Å². The number of ether oxygens (including phenoxy) is 5. The highest BCUT2D eigenvalue weighted by molar-refractivity contribution is 5.99. The van der Waals surface area contributed by atoms with Gasteiger partial charge in [-0.05, 0) is 141 Å². The molecule has 0 saturated heterocycles. The summed E-state index contributed by atoms with van der Waals surface area (Å²) >= 11 is 0. The largest absolute Gasteiger partial charge is 0.466 e. The molecule has 0 aliphatic carbocycles. The highest BCUT2D eigenvalue weighted by Crippen LogP contribution is 2.29. The zero-order valence-corrected chi connectivity index (χ0v) is 40.9. The molecule has 0 rings (SSSR count). The van der Waals surface area contributed by atoms with Gasteiger partial charge in [-0.3, -0.25) is 33.6 Å². The quantitative estimate of drug-likeness (QED) is 0.0260. The van der Waals surface area contributed by atoms with Crippen LogP contribution in [0.5, 0.6) is 0 Å². The summed E-state index contributed by atoms with van der Waals surface area (Å²) in [5, 5.41) is 0. The third kappa shape index (κ3) is 27.4. The molecule has 0 fully saturated rings. The Labute approximate surface area is 370 Å². The van der Waals surface area contributed by atoms with E-state index in [0.29, 0.717) is 83.6 Å². The second kappa shape index (κ2) is 32.4. The maximum atomic E-state index is 12.7. The van der Waals surface area contributed by atoms with Gasteiger partial charge in [-0.25, -0.2) is 0 Å². The SMILES string of the molecule is CCOC(=O)C(C)(C)CCCCCC(=O)CCCCCC(C)(C)C(=O)OCC.CCOC(=O)C(CCCCC(C)(C)C(=O)OCC)C(=O)CCCCCC(C)(C)C(=O)OCC. The van der Waals surface area contributed by atoms with Crippen molar-refractivity contribution in [2.24, 2.45) is 27.6 Å². The summed E-state index contributed by atoms with van der Waals surface area (Å²) < 4.78 is 25.5. The van der Waals surface area contributed by atoms with Gasteiger partial charge in [-0.2, -0.15) is 0 Å². The molecule has 0 aromatic rings. The van der Waals surface area contributed by atoms with Crippen LogP contribution in [0.25, 0.3) is 0 Å². The van der Waals surface area contributed by atoms with E-state index < -0.39 is 33.5 Å². The summed E-state index contributed by atoms with van der Waals surface area (Å²) in [5.41, 5.74) is -2.02. The number of ketones is 2. The van der Waals surface area contributed by atoms with Crippen LogP contribution in [0.2, 0.25) is 0 Å². The van der Waals surface area contributed by atoms with E-state index in [1.54, 1.807) is 20.8 Å². The molecule has 12 nitrogen and oxygen atoms in total. The van der Waals surface area contributed by atoms with Crippen molar-refractivity contribution >= 4 is 41.4 Å². The number of carbonyl (C=O) groups is 7. The van der Waals surface area contributed by atoms with Crippen molar-refractivity contribution in [2.45, 2.75) is 212 Å². The molecular formula is C49H88O12. The molecule has 0 radical (unpaired) electrons. The standard InChI is InChI=1S/C26H46O7.C23H42O5/c1-8-31-22(28)20(16-13-15-19-26(6,7)24(30)33-10-3)21(27)17-12-11-14-18-25(4,5)23(29)32-9-2;1-7-27-20(25)22(3,4)17-13-9-11-15-19(24)16-12-10-14-18-23(5,6)21(26)28-8-2/h20H,8-19H2,1-7H3;7-18H2,1-6H3. The highest BCUT2D eigenvalue weighted by Gasteiger charge is 2.32. The Kier molecular flexibility index (Phi) is 31.7. The van der Waals surface area contributed by atoms with Crippen LogP contribution >= 0.6 is 0 Å². The summed E-state index contributed by atoms with van der Waals surface area (Å²) in [5.74, 6) is -1.71. The van der Waals surface area contributed by atoms with E-state index in [4.69, 9.17) is 23.7 Å². The van der Waals surface area contributed by atoms with Crippen molar-refractivity contribution in [2.75, 3.05) is 33.0 Å². The number of carbonyl (C=O) groups excluding carboxylic acids is 7. The van der Waals surface area contributed by atoms with Crippen molar-refractivity contribution in [3.8, 4) is 0 Å². The molecule has 0 heterocycles. The van der Waals surface area contributed by atoms with Gasteiger partial charge in [0.05, 0.1) is 54.7 Å². The number of rotatable bonds is 34. The molecule has 0 aromatic heterocycles. The van der Waals surface area contributed by atoms with Crippen molar-refractivity contribution in [3.63, 3.8) is 0 Å². The normalized spacial score (nSPS) is 12.3. The van der Waals surface area contributed by atoms with E-state index in [9.17, 15) is 33.6 Å². The summed E-state index contributed by atoms with van der Waals surface area (Å²) in [6, 6.07) is 0. The lowest BCUT2D eigenvalue weighted by atomic mass is 9.85. The molecule has 1 unspecified atom stereocenters. The van der Waals surface area contributed by atoms with Gasteiger partial charge in [0, 0.05) is 19.3 Å². The number of esters is 5. The average Bonchev–Trinajstić information content (AvgIpc) is 3.17. The number of hydrogen-bond donors (Lipinski definition) is 0. The lowest BCUT2D eigenvalue weighted by molar-refractivity contribution is -0.154. The van der Waals surface area contributed by atoms with Gasteiger partial charge < -0.3 is 23.7 Å². The van der Waals surface area contributed by atoms with E-state index in [1.807, 2.05) is 69.2 Å². The molecule has 0 aliphatic heterocycles. The van der Waals surface area contributed by atoms with Crippen molar-refractivity contribution < 1.29 is 57.2 Å². The molecule has 0 N–H and O–H groups in total. The molecule has 0 aliphatic rings. The smallest absolute Gasteiger partial charge is 0.316 e. The molecule has 61 heavy (non-hydrogen) atoms. The highest BCUT2D eigenvalue weighted by atomic mass is 16.5. The van der Waals surface area contributed by atoms with E-state index in [-0.39, 0.29) is 36.3 Å². The number of hydrogen-bond acceptors (Lipinski definition) is 12. The first-order valence-corrected chi connectivity index (χ1v) is 23.4. The van der Waals surface area contributed by atoms with Gasteiger partial charge in [-0.1, -0.05) is 51.4 Å². The van der Waals surface area contributed by atoms with Crippen LogP contribution in [0.3, 0.4) is 0 Å². The van der Waals surface area contributed by atoms with Gasteiger partial charge in [0.25, 0.3) is 0 Å². The Morgan fingerprint density at radius 3 is 0.934 bits per heavy atom. The molecule has 0 amide bonds. The maximum absolute atomic E-state index is 12.7. The minimum absolute atomic E-state index is 0.0947. The first-order valence-electron chi connectivity index (χ1n) is 23.4. The maximum Gasteiger partial charge on any atom is 0.316 e. The average molecular weight is 869 g/mol. The second-order valence-corrected chi connectivity index (χ2v) is 18.7. The Balaban J connectivity index is 0. The van der Waals surface area contributed by atoms with Crippen LogP contribution in [0.1, 0.15) is 212 Å².